The number of amides is 1. The highest BCUT2D eigenvalue weighted by Crippen LogP contribution is 2.30. The van der Waals surface area contributed by atoms with E-state index in [0.29, 0.717) is 12.1 Å². The molecule has 38 heavy (non-hydrogen) atoms. The second kappa shape index (κ2) is 10.4. The first-order valence-electron chi connectivity index (χ1n) is 12.4. The minimum absolute atomic E-state index is 0.0886. The molecule has 0 unspecified atom stereocenters. The van der Waals surface area contributed by atoms with Crippen molar-refractivity contribution >= 4 is 22.9 Å². The summed E-state index contributed by atoms with van der Waals surface area (Å²) in [4.78, 5) is 21.8. The van der Waals surface area contributed by atoms with Crippen molar-refractivity contribution in [1.82, 2.24) is 14.7 Å². The molecule has 1 amide bonds. The zero-order chi connectivity index (χ0) is 26.9. The molecule has 2 aromatic heterocycles. The van der Waals surface area contributed by atoms with Gasteiger partial charge in [-0.1, -0.05) is 19.1 Å². The molecule has 0 saturated carbocycles. The number of fused-ring (bicyclic) bond motifs is 1. The van der Waals surface area contributed by atoms with Crippen LogP contribution in [0.15, 0.2) is 66.9 Å². The molecule has 5 rings (SSSR count). The van der Waals surface area contributed by atoms with Crippen LogP contribution in [0.2, 0.25) is 0 Å². The summed E-state index contributed by atoms with van der Waals surface area (Å²) in [5.41, 5.74) is 2.96. The number of imidazole rings is 1. The molecule has 1 N–H and O–H groups in total. The summed E-state index contributed by atoms with van der Waals surface area (Å²) in [5, 5.41) is 2.87. The Morgan fingerprint density at radius 1 is 0.921 bits per heavy atom. The monoisotopic (exact) mass is 525 g/mol. The number of carbonyl (C=O) groups is 1. The number of alkyl halides is 3. The lowest BCUT2D eigenvalue weighted by atomic mass is 10.1. The Labute approximate surface area is 217 Å². The van der Waals surface area contributed by atoms with Gasteiger partial charge in [0.05, 0.1) is 11.3 Å². The standard InChI is InChI=1S/C28H27F4N5O/c1-2-24-26(37-12-11-20(28(30,31)32)17-25(37)34-24)27(38)33-18-19-3-7-22(8-4-19)35-13-15-36(16-14-35)23-9-5-21(29)6-10-23/h3-12,17H,2,13-16,18H2,1H3,(H,33,38). The van der Waals surface area contributed by atoms with E-state index in [4.69, 9.17) is 0 Å². The Balaban J connectivity index is 1.21. The highest BCUT2D eigenvalue weighted by Gasteiger charge is 2.31. The van der Waals surface area contributed by atoms with E-state index in [0.717, 1.165) is 55.2 Å². The molecule has 10 heteroatoms. The fraction of sp³-hybridized carbons (Fsp3) is 0.286. The quantitative estimate of drug-likeness (QED) is 0.347. The maximum Gasteiger partial charge on any atom is 0.416 e. The van der Waals surface area contributed by atoms with Gasteiger partial charge in [-0.2, -0.15) is 13.2 Å². The molecule has 0 spiro atoms. The summed E-state index contributed by atoms with van der Waals surface area (Å²) < 4.78 is 53.9. The van der Waals surface area contributed by atoms with Gasteiger partial charge in [-0.05, 0) is 60.5 Å². The van der Waals surface area contributed by atoms with E-state index in [1.807, 2.05) is 24.3 Å². The first-order valence-corrected chi connectivity index (χ1v) is 12.4. The van der Waals surface area contributed by atoms with Crippen molar-refractivity contribution in [3.8, 4) is 0 Å². The van der Waals surface area contributed by atoms with Gasteiger partial charge in [0.25, 0.3) is 5.91 Å². The molecule has 0 aliphatic carbocycles. The molecule has 2 aromatic carbocycles. The van der Waals surface area contributed by atoms with Gasteiger partial charge in [0.1, 0.15) is 17.2 Å². The predicted molar refractivity (Wildman–Crippen MR) is 138 cm³/mol. The Kier molecular flexibility index (Phi) is 6.96. The van der Waals surface area contributed by atoms with Gasteiger partial charge in [0.2, 0.25) is 0 Å². The molecule has 4 aromatic rings. The molecule has 3 heterocycles. The normalized spacial score (nSPS) is 14.2. The zero-order valence-corrected chi connectivity index (χ0v) is 20.8. The van der Waals surface area contributed by atoms with E-state index in [2.05, 4.69) is 20.1 Å². The average molecular weight is 526 g/mol. The summed E-state index contributed by atoms with van der Waals surface area (Å²) in [7, 11) is 0. The summed E-state index contributed by atoms with van der Waals surface area (Å²) >= 11 is 0. The summed E-state index contributed by atoms with van der Waals surface area (Å²) in [6, 6.07) is 16.4. The number of anilines is 2. The van der Waals surface area contributed by atoms with Crippen LogP contribution in [0, 0.1) is 5.82 Å². The second-order valence-corrected chi connectivity index (χ2v) is 9.20. The van der Waals surface area contributed by atoms with E-state index < -0.39 is 17.6 Å². The summed E-state index contributed by atoms with van der Waals surface area (Å²) in [6.07, 6.45) is -2.83. The Hall–Kier alpha value is -4.08. The van der Waals surface area contributed by atoms with Crippen LogP contribution in [0.5, 0.6) is 0 Å². The largest absolute Gasteiger partial charge is 0.416 e. The van der Waals surface area contributed by atoms with Gasteiger partial charge in [0, 0.05) is 50.3 Å². The van der Waals surface area contributed by atoms with Crippen molar-refractivity contribution in [1.29, 1.82) is 0 Å². The van der Waals surface area contributed by atoms with Crippen LogP contribution in [-0.4, -0.2) is 41.5 Å². The van der Waals surface area contributed by atoms with Crippen LogP contribution in [0.3, 0.4) is 0 Å². The molecule has 0 radical (unpaired) electrons. The fourth-order valence-electron chi connectivity index (χ4n) is 4.72. The number of benzene rings is 2. The number of aryl methyl sites for hydroxylation is 1. The van der Waals surface area contributed by atoms with Crippen molar-refractivity contribution in [3.63, 3.8) is 0 Å². The number of nitrogens with zero attached hydrogens (tertiary/aromatic N) is 4. The molecule has 1 aliphatic rings. The first kappa shape index (κ1) is 25.6. The van der Waals surface area contributed by atoms with Gasteiger partial charge in [0.15, 0.2) is 0 Å². The van der Waals surface area contributed by atoms with Crippen LogP contribution in [0.4, 0.5) is 28.9 Å². The van der Waals surface area contributed by atoms with Gasteiger partial charge in [-0.15, -0.1) is 0 Å². The highest BCUT2D eigenvalue weighted by molar-refractivity contribution is 5.94. The number of pyridine rings is 1. The van der Waals surface area contributed by atoms with Crippen LogP contribution >= 0.6 is 0 Å². The topological polar surface area (TPSA) is 52.9 Å². The Morgan fingerprint density at radius 3 is 2.05 bits per heavy atom. The number of nitrogens with one attached hydrogen (secondary N) is 1. The van der Waals surface area contributed by atoms with E-state index in [-0.39, 0.29) is 23.7 Å². The molecule has 0 bridgehead atoms. The van der Waals surface area contributed by atoms with Crippen molar-refractivity contribution in [2.24, 2.45) is 0 Å². The van der Waals surface area contributed by atoms with E-state index in [1.165, 1.54) is 22.7 Å². The minimum Gasteiger partial charge on any atom is -0.368 e. The maximum absolute atomic E-state index is 13.2. The van der Waals surface area contributed by atoms with Gasteiger partial charge >= 0.3 is 6.18 Å². The molecule has 1 aliphatic heterocycles. The van der Waals surface area contributed by atoms with E-state index in [1.54, 1.807) is 19.1 Å². The van der Waals surface area contributed by atoms with Crippen molar-refractivity contribution < 1.29 is 22.4 Å². The van der Waals surface area contributed by atoms with E-state index in [9.17, 15) is 22.4 Å². The molecule has 0 atom stereocenters. The third-order valence-electron chi connectivity index (χ3n) is 6.80. The van der Waals surface area contributed by atoms with Crippen molar-refractivity contribution in [3.05, 3.63) is 95.2 Å². The smallest absolute Gasteiger partial charge is 0.368 e. The molecule has 198 valence electrons. The lowest BCUT2D eigenvalue weighted by Crippen LogP contribution is -2.46. The number of halogens is 4. The number of hydrogen-bond donors (Lipinski definition) is 1. The lowest BCUT2D eigenvalue weighted by molar-refractivity contribution is -0.137. The van der Waals surface area contributed by atoms with Gasteiger partial charge in [-0.25, -0.2) is 9.37 Å². The van der Waals surface area contributed by atoms with Crippen molar-refractivity contribution in [2.45, 2.75) is 26.1 Å². The third kappa shape index (κ3) is 5.29. The molecular formula is C28H27F4N5O. The van der Waals surface area contributed by atoms with Crippen LogP contribution in [0.1, 0.15) is 34.2 Å². The summed E-state index contributed by atoms with van der Waals surface area (Å²) in [6.45, 7) is 5.39. The van der Waals surface area contributed by atoms with Crippen LogP contribution in [-0.2, 0) is 19.1 Å². The van der Waals surface area contributed by atoms with Gasteiger partial charge < -0.3 is 15.1 Å². The Morgan fingerprint density at radius 2 is 1.50 bits per heavy atom. The van der Waals surface area contributed by atoms with E-state index >= 15 is 0 Å². The number of aromatic nitrogens is 2. The van der Waals surface area contributed by atoms with Crippen LogP contribution in [0.25, 0.3) is 5.65 Å². The first-order chi connectivity index (χ1) is 18.2. The fourth-order valence-corrected chi connectivity index (χ4v) is 4.72. The highest BCUT2D eigenvalue weighted by atomic mass is 19.4. The predicted octanol–water partition coefficient (Wildman–Crippen LogP) is 5.31. The zero-order valence-electron chi connectivity index (χ0n) is 20.8. The number of carbonyl (C=O) groups excluding carboxylic acids is 1. The van der Waals surface area contributed by atoms with Crippen molar-refractivity contribution in [2.75, 3.05) is 36.0 Å². The molecule has 6 nitrogen and oxygen atoms in total. The SMILES string of the molecule is CCc1nc2cc(C(F)(F)F)ccn2c1C(=O)NCc1ccc(N2CCN(c3ccc(F)cc3)CC2)cc1. The average Bonchev–Trinajstić information content (AvgIpc) is 3.30. The number of piperazine rings is 1. The molecular weight excluding hydrogens is 498 g/mol. The minimum atomic E-state index is -4.48. The summed E-state index contributed by atoms with van der Waals surface area (Å²) in [5.74, 6) is -0.636. The number of hydrogen-bond acceptors (Lipinski definition) is 4. The number of rotatable bonds is 6. The Bertz CT molecular complexity index is 1420. The lowest BCUT2D eigenvalue weighted by Gasteiger charge is -2.37. The maximum atomic E-state index is 13.2. The molecule has 1 saturated heterocycles. The second-order valence-electron chi connectivity index (χ2n) is 9.20. The van der Waals surface area contributed by atoms with Crippen LogP contribution < -0.4 is 15.1 Å². The third-order valence-corrected chi connectivity index (χ3v) is 6.80. The molecule has 1 fully saturated rings. The van der Waals surface area contributed by atoms with Gasteiger partial charge in [-0.3, -0.25) is 9.20 Å².